The van der Waals surface area contributed by atoms with Crippen molar-refractivity contribution in [2.75, 3.05) is 6.26 Å². The summed E-state index contributed by atoms with van der Waals surface area (Å²) in [4.78, 5) is 11.8. The first-order valence-corrected chi connectivity index (χ1v) is 6.74. The first-order valence-electron chi connectivity index (χ1n) is 5.52. The third-order valence-corrected chi connectivity index (χ3v) is 3.04. The second-order valence-electron chi connectivity index (χ2n) is 4.26. The molecule has 1 rings (SSSR count). The minimum absolute atomic E-state index is 0.275. The lowest BCUT2D eigenvalue weighted by Gasteiger charge is -2.02. The number of hydrogen-bond donors (Lipinski definition) is 0. The third-order valence-electron chi connectivity index (χ3n) is 2.30. The number of rotatable bonds is 5. The van der Waals surface area contributed by atoms with Gasteiger partial charge in [-0.05, 0) is 29.9 Å². The van der Waals surface area contributed by atoms with E-state index in [-0.39, 0.29) is 16.5 Å². The maximum absolute atomic E-state index is 10.9. The Morgan fingerprint density at radius 1 is 1.41 bits per heavy atom. The van der Waals surface area contributed by atoms with Crippen LogP contribution < -0.4 is 0 Å². The Morgan fingerprint density at radius 2 is 2.00 bits per heavy atom. The van der Waals surface area contributed by atoms with Crippen LogP contribution in [0.3, 0.4) is 0 Å². The molecule has 0 aliphatic rings. The molecule has 3 nitrogen and oxygen atoms in total. The average molecular weight is 251 g/mol. The topological polar surface area (TPSA) is 43.1 Å². The van der Waals surface area contributed by atoms with Crippen LogP contribution in [0.15, 0.2) is 34.9 Å². The number of nitro groups is 1. The minimum atomic E-state index is -0.289. The molecule has 0 amide bonds. The van der Waals surface area contributed by atoms with Gasteiger partial charge >= 0.3 is 0 Å². The van der Waals surface area contributed by atoms with E-state index in [0.29, 0.717) is 6.42 Å². The van der Waals surface area contributed by atoms with Crippen LogP contribution >= 0.6 is 11.8 Å². The van der Waals surface area contributed by atoms with Gasteiger partial charge in [0.25, 0.3) is 0 Å². The van der Waals surface area contributed by atoms with Crippen LogP contribution in [0.2, 0.25) is 0 Å². The van der Waals surface area contributed by atoms with Crippen molar-refractivity contribution in [1.29, 1.82) is 0 Å². The van der Waals surface area contributed by atoms with Gasteiger partial charge in [-0.2, -0.15) is 0 Å². The average Bonchev–Trinajstić information content (AvgIpc) is 2.28. The third kappa shape index (κ3) is 4.61. The van der Waals surface area contributed by atoms with Crippen LogP contribution in [0.25, 0.3) is 6.08 Å². The molecule has 0 saturated heterocycles. The number of hydrogen-bond acceptors (Lipinski definition) is 3. The number of benzene rings is 1. The molecule has 0 fully saturated rings. The molecule has 0 heterocycles. The van der Waals surface area contributed by atoms with Gasteiger partial charge in [0.2, 0.25) is 5.70 Å². The molecule has 0 aromatic heterocycles. The number of allylic oxidation sites excluding steroid dienone is 1. The predicted molar refractivity (Wildman–Crippen MR) is 72.6 cm³/mol. The highest BCUT2D eigenvalue weighted by molar-refractivity contribution is 7.98. The maximum Gasteiger partial charge on any atom is 0.247 e. The summed E-state index contributed by atoms with van der Waals surface area (Å²) in [5, 5.41) is 10.9. The van der Waals surface area contributed by atoms with Crippen molar-refractivity contribution in [3.8, 4) is 0 Å². The van der Waals surface area contributed by atoms with Gasteiger partial charge in [-0.25, -0.2) is 0 Å². The zero-order chi connectivity index (χ0) is 12.8. The molecule has 0 bridgehead atoms. The molecule has 0 aliphatic carbocycles. The first kappa shape index (κ1) is 13.8. The largest absolute Gasteiger partial charge is 0.259 e. The monoisotopic (exact) mass is 251 g/mol. The fourth-order valence-electron chi connectivity index (χ4n) is 1.50. The van der Waals surface area contributed by atoms with Crippen LogP contribution in [-0.4, -0.2) is 11.2 Å². The summed E-state index contributed by atoms with van der Waals surface area (Å²) < 4.78 is 0. The highest BCUT2D eigenvalue weighted by atomic mass is 32.2. The molecule has 0 unspecified atom stereocenters. The maximum atomic E-state index is 10.9. The van der Waals surface area contributed by atoms with Crippen molar-refractivity contribution in [1.82, 2.24) is 0 Å². The first-order chi connectivity index (χ1) is 8.02. The van der Waals surface area contributed by atoms with Gasteiger partial charge in [-0.3, -0.25) is 10.1 Å². The Labute approximate surface area is 106 Å². The zero-order valence-electron chi connectivity index (χ0n) is 10.3. The number of thioether (sulfide) groups is 1. The lowest BCUT2D eigenvalue weighted by Crippen LogP contribution is -2.02. The van der Waals surface area contributed by atoms with E-state index in [4.69, 9.17) is 0 Å². The van der Waals surface area contributed by atoms with E-state index >= 15 is 0 Å². The molecule has 0 spiro atoms. The van der Waals surface area contributed by atoms with Crippen LogP contribution in [-0.2, 0) is 0 Å². The lowest BCUT2D eigenvalue weighted by molar-refractivity contribution is -0.427. The van der Waals surface area contributed by atoms with Gasteiger partial charge in [0.1, 0.15) is 0 Å². The van der Waals surface area contributed by atoms with Crippen molar-refractivity contribution >= 4 is 17.8 Å². The van der Waals surface area contributed by atoms with Crippen LogP contribution in [0.5, 0.6) is 0 Å². The summed E-state index contributed by atoms with van der Waals surface area (Å²) in [7, 11) is 0. The summed E-state index contributed by atoms with van der Waals surface area (Å²) in [6.07, 6.45) is 4.16. The molecule has 4 heteroatoms. The molecule has 0 saturated carbocycles. The highest BCUT2D eigenvalue weighted by Crippen LogP contribution is 2.19. The molecule has 92 valence electrons. The van der Waals surface area contributed by atoms with Crippen molar-refractivity contribution in [3.63, 3.8) is 0 Å². The van der Waals surface area contributed by atoms with E-state index in [1.54, 1.807) is 17.8 Å². The predicted octanol–water partition coefficient (Wildman–Crippen LogP) is 4.07. The van der Waals surface area contributed by atoms with Gasteiger partial charge in [-0.1, -0.05) is 26.0 Å². The number of nitrogens with zero attached hydrogens (tertiary/aromatic N) is 1. The lowest BCUT2D eigenvalue weighted by atomic mass is 10.1. The van der Waals surface area contributed by atoms with Gasteiger partial charge in [-0.15, -0.1) is 11.8 Å². The summed E-state index contributed by atoms with van der Waals surface area (Å²) >= 11 is 1.66. The Kier molecular flexibility index (Phi) is 5.22. The standard InChI is InChI=1S/C13H17NO2S/c1-10(2)8-12(14(15)16)9-11-4-6-13(17-3)7-5-11/h4-7,9-10H,8H2,1-3H3. The van der Waals surface area contributed by atoms with Crippen LogP contribution in [0.4, 0.5) is 0 Å². The SMILES string of the molecule is CSc1ccc(C=C(CC(C)C)[N+](=O)[O-])cc1. The van der Waals surface area contributed by atoms with E-state index in [0.717, 1.165) is 10.5 Å². The quantitative estimate of drug-likeness (QED) is 0.450. The normalized spacial score (nSPS) is 11.9. The minimum Gasteiger partial charge on any atom is -0.259 e. The summed E-state index contributed by atoms with van der Waals surface area (Å²) in [6, 6.07) is 7.78. The Balaban J connectivity index is 2.91. The molecule has 17 heavy (non-hydrogen) atoms. The second kappa shape index (κ2) is 6.45. The van der Waals surface area contributed by atoms with Crippen molar-refractivity contribution in [2.45, 2.75) is 25.2 Å². The van der Waals surface area contributed by atoms with Crippen molar-refractivity contribution in [2.24, 2.45) is 5.92 Å². The van der Waals surface area contributed by atoms with E-state index in [2.05, 4.69) is 0 Å². The summed E-state index contributed by atoms with van der Waals surface area (Å²) in [5.41, 5.74) is 1.16. The van der Waals surface area contributed by atoms with Crippen molar-refractivity contribution < 1.29 is 4.92 Å². The Morgan fingerprint density at radius 3 is 2.41 bits per heavy atom. The van der Waals surface area contributed by atoms with Crippen LogP contribution in [0.1, 0.15) is 25.8 Å². The summed E-state index contributed by atoms with van der Waals surface area (Å²) in [6.45, 7) is 3.96. The molecular formula is C13H17NO2S. The van der Waals surface area contributed by atoms with E-state index in [1.165, 1.54) is 0 Å². The fraction of sp³-hybridized carbons (Fsp3) is 0.385. The van der Waals surface area contributed by atoms with E-state index in [9.17, 15) is 10.1 Å². The molecule has 0 N–H and O–H groups in total. The van der Waals surface area contributed by atoms with Crippen LogP contribution in [0, 0.1) is 16.0 Å². The highest BCUT2D eigenvalue weighted by Gasteiger charge is 2.12. The van der Waals surface area contributed by atoms with Gasteiger partial charge in [0.15, 0.2) is 0 Å². The van der Waals surface area contributed by atoms with Gasteiger partial charge in [0, 0.05) is 17.4 Å². The van der Waals surface area contributed by atoms with E-state index in [1.807, 2.05) is 44.4 Å². The van der Waals surface area contributed by atoms with Crippen molar-refractivity contribution in [3.05, 3.63) is 45.6 Å². The molecular weight excluding hydrogens is 234 g/mol. The fourth-order valence-corrected chi connectivity index (χ4v) is 1.91. The molecule has 0 aliphatic heterocycles. The van der Waals surface area contributed by atoms with Gasteiger partial charge < -0.3 is 0 Å². The summed E-state index contributed by atoms with van der Waals surface area (Å²) in [5.74, 6) is 0.289. The smallest absolute Gasteiger partial charge is 0.247 e. The second-order valence-corrected chi connectivity index (χ2v) is 5.14. The molecule has 1 aromatic rings. The van der Waals surface area contributed by atoms with E-state index < -0.39 is 0 Å². The van der Waals surface area contributed by atoms with Gasteiger partial charge in [0.05, 0.1) is 4.92 Å². The molecule has 1 aromatic carbocycles. The Bertz CT molecular complexity index is 410. The molecule has 0 radical (unpaired) electrons. The Hall–Kier alpha value is -1.29. The zero-order valence-corrected chi connectivity index (χ0v) is 11.2. The molecule has 0 atom stereocenters.